The van der Waals surface area contributed by atoms with Crippen LogP contribution in [0.3, 0.4) is 0 Å². The van der Waals surface area contributed by atoms with Gasteiger partial charge in [-0.2, -0.15) is 4.98 Å². The smallest absolute Gasteiger partial charge is 0.349 e. The minimum absolute atomic E-state index is 0.00519. The lowest BCUT2D eigenvalue weighted by Crippen LogP contribution is -2.07. The number of carbonyl (C=O) groups excluding carboxylic acids is 1. The summed E-state index contributed by atoms with van der Waals surface area (Å²) in [5.41, 5.74) is 0.755. The van der Waals surface area contributed by atoms with E-state index in [1.54, 1.807) is 32.2 Å². The van der Waals surface area contributed by atoms with Crippen LogP contribution in [0.15, 0.2) is 50.3 Å². The van der Waals surface area contributed by atoms with E-state index in [2.05, 4.69) is 15.1 Å². The zero-order valence-electron chi connectivity index (χ0n) is 16.1. The van der Waals surface area contributed by atoms with E-state index in [4.69, 9.17) is 13.7 Å². The van der Waals surface area contributed by atoms with Crippen molar-refractivity contribution in [2.24, 2.45) is 0 Å². The molecule has 0 fully saturated rings. The van der Waals surface area contributed by atoms with Gasteiger partial charge in [-0.05, 0) is 25.1 Å². The average Bonchev–Trinajstić information content (AvgIpc) is 3.23. The van der Waals surface area contributed by atoms with Crippen molar-refractivity contribution in [1.82, 2.24) is 15.1 Å². The van der Waals surface area contributed by atoms with Crippen LogP contribution in [0.2, 0.25) is 0 Å². The Morgan fingerprint density at radius 2 is 2.03 bits per heavy atom. The first-order valence-electron chi connectivity index (χ1n) is 9.15. The van der Waals surface area contributed by atoms with Crippen molar-refractivity contribution in [3.63, 3.8) is 0 Å². The standard InChI is InChI=1S/C21H16FN3O5/c1-3-17(26)28-10-12-9-23-11(2)18-14(12)8-15(21(27)29-18)20-24-19(25-30-20)13-6-4-5-7-16(13)22/h4-9H,3,10H2,1-2H3. The molecular formula is C21H16FN3O5. The van der Waals surface area contributed by atoms with Crippen LogP contribution in [0.5, 0.6) is 0 Å². The molecule has 4 rings (SSSR count). The van der Waals surface area contributed by atoms with Gasteiger partial charge in [-0.1, -0.05) is 24.2 Å². The maximum Gasteiger partial charge on any atom is 0.349 e. The van der Waals surface area contributed by atoms with Crippen molar-refractivity contribution in [2.75, 3.05) is 0 Å². The molecule has 4 aromatic rings. The van der Waals surface area contributed by atoms with E-state index in [9.17, 15) is 14.0 Å². The minimum Gasteiger partial charge on any atom is -0.461 e. The van der Waals surface area contributed by atoms with Crippen molar-refractivity contribution in [2.45, 2.75) is 26.9 Å². The predicted octanol–water partition coefficient (Wildman–Crippen LogP) is 3.81. The SMILES string of the molecule is CCC(=O)OCc1cnc(C)c2oc(=O)c(-c3nc(-c4ccccc4F)no3)cc12. The molecule has 152 valence electrons. The number of aryl methyl sites for hydroxylation is 1. The van der Waals surface area contributed by atoms with Gasteiger partial charge in [0.2, 0.25) is 5.82 Å². The molecule has 0 radical (unpaired) electrons. The molecule has 0 bridgehead atoms. The molecule has 0 unspecified atom stereocenters. The Hall–Kier alpha value is -3.88. The highest BCUT2D eigenvalue weighted by atomic mass is 19.1. The quantitative estimate of drug-likeness (QED) is 0.458. The number of fused-ring (bicyclic) bond motifs is 1. The summed E-state index contributed by atoms with van der Waals surface area (Å²) in [5.74, 6) is -0.995. The van der Waals surface area contributed by atoms with Crippen LogP contribution in [-0.2, 0) is 16.1 Å². The highest BCUT2D eigenvalue weighted by Crippen LogP contribution is 2.27. The van der Waals surface area contributed by atoms with Crippen LogP contribution >= 0.6 is 0 Å². The van der Waals surface area contributed by atoms with E-state index < -0.39 is 11.4 Å². The number of esters is 1. The van der Waals surface area contributed by atoms with Crippen LogP contribution in [-0.4, -0.2) is 21.1 Å². The van der Waals surface area contributed by atoms with Gasteiger partial charge in [0, 0.05) is 23.6 Å². The van der Waals surface area contributed by atoms with Crippen molar-refractivity contribution in [3.05, 3.63) is 64.0 Å². The van der Waals surface area contributed by atoms with Gasteiger partial charge in [0.15, 0.2) is 5.58 Å². The normalized spacial score (nSPS) is 11.0. The molecule has 0 atom stereocenters. The number of benzene rings is 1. The van der Waals surface area contributed by atoms with Gasteiger partial charge in [0.1, 0.15) is 18.0 Å². The van der Waals surface area contributed by atoms with Crippen molar-refractivity contribution >= 4 is 16.9 Å². The fourth-order valence-electron chi connectivity index (χ4n) is 2.89. The number of ether oxygens (including phenoxy) is 1. The van der Waals surface area contributed by atoms with E-state index in [1.807, 2.05) is 0 Å². The van der Waals surface area contributed by atoms with Crippen LogP contribution in [0, 0.1) is 12.7 Å². The molecule has 0 aliphatic rings. The van der Waals surface area contributed by atoms with Gasteiger partial charge in [0.25, 0.3) is 5.89 Å². The maximum absolute atomic E-state index is 14.0. The molecule has 0 N–H and O–H groups in total. The van der Waals surface area contributed by atoms with E-state index in [0.717, 1.165) is 0 Å². The molecule has 30 heavy (non-hydrogen) atoms. The Morgan fingerprint density at radius 3 is 2.80 bits per heavy atom. The number of hydrogen-bond acceptors (Lipinski definition) is 8. The number of carbonyl (C=O) groups is 1. The van der Waals surface area contributed by atoms with Crippen molar-refractivity contribution < 1.29 is 22.9 Å². The third-order valence-electron chi connectivity index (χ3n) is 4.49. The highest BCUT2D eigenvalue weighted by Gasteiger charge is 2.20. The Bertz CT molecular complexity index is 1310. The number of hydrogen-bond donors (Lipinski definition) is 0. The number of rotatable bonds is 5. The lowest BCUT2D eigenvalue weighted by atomic mass is 10.1. The maximum atomic E-state index is 14.0. The number of halogens is 1. The molecule has 0 aliphatic carbocycles. The molecule has 0 spiro atoms. The van der Waals surface area contributed by atoms with E-state index in [1.165, 1.54) is 18.2 Å². The first kappa shape index (κ1) is 19.4. The molecule has 0 saturated carbocycles. The number of pyridine rings is 1. The van der Waals surface area contributed by atoms with Gasteiger partial charge in [-0.15, -0.1) is 0 Å². The Kier molecular flexibility index (Phi) is 5.09. The molecule has 0 aliphatic heterocycles. The molecule has 3 aromatic heterocycles. The lowest BCUT2D eigenvalue weighted by molar-refractivity contribution is -0.144. The summed E-state index contributed by atoms with van der Waals surface area (Å²) < 4.78 is 29.8. The van der Waals surface area contributed by atoms with Gasteiger partial charge in [-0.3, -0.25) is 9.78 Å². The minimum atomic E-state index is -0.709. The van der Waals surface area contributed by atoms with E-state index >= 15 is 0 Å². The summed E-state index contributed by atoms with van der Waals surface area (Å²) in [6.07, 6.45) is 1.78. The summed E-state index contributed by atoms with van der Waals surface area (Å²) in [7, 11) is 0. The summed E-state index contributed by atoms with van der Waals surface area (Å²) in [6, 6.07) is 7.47. The van der Waals surface area contributed by atoms with Gasteiger partial charge in [-0.25, -0.2) is 9.18 Å². The monoisotopic (exact) mass is 409 g/mol. The summed E-state index contributed by atoms with van der Waals surface area (Å²) >= 11 is 0. The van der Waals surface area contributed by atoms with Crippen LogP contribution in [0.25, 0.3) is 33.8 Å². The van der Waals surface area contributed by atoms with Crippen LogP contribution in [0.4, 0.5) is 4.39 Å². The van der Waals surface area contributed by atoms with E-state index in [0.29, 0.717) is 16.6 Å². The molecule has 1 aromatic carbocycles. The largest absolute Gasteiger partial charge is 0.461 e. The first-order chi connectivity index (χ1) is 14.5. The van der Waals surface area contributed by atoms with E-state index in [-0.39, 0.29) is 47.4 Å². The predicted molar refractivity (Wildman–Crippen MR) is 104 cm³/mol. The summed E-state index contributed by atoms with van der Waals surface area (Å²) in [5, 5.41) is 4.29. The van der Waals surface area contributed by atoms with Gasteiger partial charge >= 0.3 is 11.6 Å². The second-order valence-electron chi connectivity index (χ2n) is 6.48. The molecule has 0 saturated heterocycles. The Labute approximate surface area is 169 Å². The Balaban J connectivity index is 1.80. The molecule has 0 amide bonds. The fraction of sp³-hybridized carbons (Fsp3) is 0.190. The lowest BCUT2D eigenvalue weighted by Gasteiger charge is -2.08. The molecule has 9 heteroatoms. The fourth-order valence-corrected chi connectivity index (χ4v) is 2.89. The summed E-state index contributed by atoms with van der Waals surface area (Å²) in [6.45, 7) is 3.34. The second kappa shape index (κ2) is 7.86. The molecule has 8 nitrogen and oxygen atoms in total. The van der Waals surface area contributed by atoms with Crippen molar-refractivity contribution in [1.29, 1.82) is 0 Å². The van der Waals surface area contributed by atoms with Crippen LogP contribution in [0.1, 0.15) is 24.6 Å². The zero-order chi connectivity index (χ0) is 21.3. The summed E-state index contributed by atoms with van der Waals surface area (Å²) in [4.78, 5) is 32.4. The zero-order valence-corrected chi connectivity index (χ0v) is 16.1. The number of nitrogens with zero attached hydrogens (tertiary/aromatic N) is 3. The van der Waals surface area contributed by atoms with Crippen LogP contribution < -0.4 is 5.63 Å². The average molecular weight is 409 g/mol. The third kappa shape index (κ3) is 3.57. The third-order valence-corrected chi connectivity index (χ3v) is 4.49. The molecular weight excluding hydrogens is 393 g/mol. The molecule has 3 heterocycles. The van der Waals surface area contributed by atoms with Crippen molar-refractivity contribution in [3.8, 4) is 22.8 Å². The topological polar surface area (TPSA) is 108 Å². The first-order valence-corrected chi connectivity index (χ1v) is 9.15. The number of aromatic nitrogens is 3. The highest BCUT2D eigenvalue weighted by molar-refractivity contribution is 5.85. The van der Waals surface area contributed by atoms with Gasteiger partial charge in [0.05, 0.1) is 11.3 Å². The Morgan fingerprint density at radius 1 is 1.23 bits per heavy atom. The van der Waals surface area contributed by atoms with Gasteiger partial charge < -0.3 is 13.7 Å². The second-order valence-corrected chi connectivity index (χ2v) is 6.48.